The summed E-state index contributed by atoms with van der Waals surface area (Å²) in [6.45, 7) is 5.43. The van der Waals surface area contributed by atoms with E-state index in [1.165, 1.54) is 12.8 Å². The number of phenols is 1. The number of hydrogen-bond donors (Lipinski definition) is 2. The van der Waals surface area contributed by atoms with E-state index in [0.29, 0.717) is 18.4 Å². The minimum atomic E-state index is 0. The van der Waals surface area contributed by atoms with Gasteiger partial charge in [0.1, 0.15) is 5.75 Å². The van der Waals surface area contributed by atoms with Gasteiger partial charge in [0.25, 0.3) is 0 Å². The number of carbonyl (C=O) groups excluding carboxylic acids is 1. The lowest BCUT2D eigenvalue weighted by molar-refractivity contribution is -0.138. The Hall–Kier alpha value is -1.26. The molecule has 0 bridgehead atoms. The van der Waals surface area contributed by atoms with Gasteiger partial charge in [0.15, 0.2) is 0 Å². The van der Waals surface area contributed by atoms with Crippen LogP contribution in [-0.2, 0) is 11.3 Å². The third-order valence-corrected chi connectivity index (χ3v) is 4.68. The molecule has 122 valence electrons. The summed E-state index contributed by atoms with van der Waals surface area (Å²) in [7, 11) is 0. The van der Waals surface area contributed by atoms with Gasteiger partial charge in [-0.15, -0.1) is 12.4 Å². The summed E-state index contributed by atoms with van der Waals surface area (Å²) in [5, 5.41) is 12.8. The molecule has 4 nitrogen and oxygen atoms in total. The van der Waals surface area contributed by atoms with E-state index in [-0.39, 0.29) is 30.0 Å². The normalized spacial score (nSPS) is 19.0. The van der Waals surface area contributed by atoms with Crippen LogP contribution in [0.2, 0.25) is 0 Å². The average Bonchev–Trinajstić information content (AvgIpc) is 3.19. The summed E-state index contributed by atoms with van der Waals surface area (Å²) in [6, 6.07) is 7.23. The van der Waals surface area contributed by atoms with Crippen LogP contribution >= 0.6 is 12.4 Å². The summed E-state index contributed by atoms with van der Waals surface area (Å²) in [6.07, 6.45) is 2.48. The summed E-state index contributed by atoms with van der Waals surface area (Å²) >= 11 is 0. The van der Waals surface area contributed by atoms with E-state index in [1.54, 1.807) is 12.1 Å². The molecule has 1 aliphatic heterocycles. The van der Waals surface area contributed by atoms with Crippen molar-refractivity contribution >= 4 is 18.3 Å². The standard InChI is InChI=1S/C17H24N2O2.ClH/c1-12(15-8-18-9-15)17(21)19(10-13-5-6-13)11-14-3-2-4-16(20)7-14;/h2-4,7,12-13,15,18,20H,5-6,8-11H2,1H3;1H. The lowest BCUT2D eigenvalue weighted by atomic mass is 9.87. The molecule has 0 spiro atoms. The van der Waals surface area contributed by atoms with Crippen molar-refractivity contribution in [3.63, 3.8) is 0 Å². The Balaban J connectivity index is 0.00000176. The summed E-state index contributed by atoms with van der Waals surface area (Å²) in [5.74, 6) is 1.77. The molecule has 1 aromatic carbocycles. The number of phenolic OH excluding ortho intramolecular Hbond substituents is 1. The van der Waals surface area contributed by atoms with Gasteiger partial charge < -0.3 is 15.3 Å². The van der Waals surface area contributed by atoms with E-state index in [1.807, 2.05) is 17.0 Å². The minimum Gasteiger partial charge on any atom is -0.508 e. The SMILES string of the molecule is CC(C(=O)N(Cc1cccc(O)c1)CC1CC1)C1CNC1.Cl. The monoisotopic (exact) mass is 324 g/mol. The number of aromatic hydroxyl groups is 1. The van der Waals surface area contributed by atoms with Crippen LogP contribution in [0, 0.1) is 17.8 Å². The molecule has 1 saturated carbocycles. The number of benzene rings is 1. The predicted molar refractivity (Wildman–Crippen MR) is 89.0 cm³/mol. The number of nitrogens with zero attached hydrogens (tertiary/aromatic N) is 1. The van der Waals surface area contributed by atoms with Crippen molar-refractivity contribution in [1.82, 2.24) is 10.2 Å². The van der Waals surface area contributed by atoms with E-state index < -0.39 is 0 Å². The zero-order valence-corrected chi connectivity index (χ0v) is 13.8. The molecule has 1 heterocycles. The zero-order valence-electron chi connectivity index (χ0n) is 13.0. The molecule has 22 heavy (non-hydrogen) atoms. The van der Waals surface area contributed by atoms with Gasteiger partial charge in [-0.05, 0) is 55.5 Å². The van der Waals surface area contributed by atoms with Crippen LogP contribution in [0.3, 0.4) is 0 Å². The molecule has 1 unspecified atom stereocenters. The van der Waals surface area contributed by atoms with Crippen molar-refractivity contribution in [2.45, 2.75) is 26.3 Å². The first-order valence-electron chi connectivity index (χ1n) is 7.91. The molecule has 0 radical (unpaired) electrons. The second-order valence-corrected chi connectivity index (χ2v) is 6.54. The van der Waals surface area contributed by atoms with Crippen LogP contribution in [-0.4, -0.2) is 35.5 Å². The van der Waals surface area contributed by atoms with E-state index in [9.17, 15) is 9.90 Å². The second kappa shape index (κ2) is 7.34. The average molecular weight is 325 g/mol. The lowest BCUT2D eigenvalue weighted by Gasteiger charge is -2.35. The van der Waals surface area contributed by atoms with Crippen LogP contribution < -0.4 is 5.32 Å². The highest BCUT2D eigenvalue weighted by Crippen LogP contribution is 2.31. The smallest absolute Gasteiger partial charge is 0.226 e. The second-order valence-electron chi connectivity index (χ2n) is 6.54. The molecule has 1 atom stereocenters. The summed E-state index contributed by atoms with van der Waals surface area (Å²) in [5.41, 5.74) is 1.00. The van der Waals surface area contributed by atoms with Crippen LogP contribution in [0.4, 0.5) is 0 Å². The minimum absolute atomic E-state index is 0. The number of nitrogens with one attached hydrogen (secondary N) is 1. The van der Waals surface area contributed by atoms with Crippen LogP contribution in [0.1, 0.15) is 25.3 Å². The highest BCUT2D eigenvalue weighted by Gasteiger charge is 2.34. The van der Waals surface area contributed by atoms with E-state index >= 15 is 0 Å². The molecule has 2 N–H and O–H groups in total. The predicted octanol–water partition coefficient (Wildman–Crippen LogP) is 2.41. The number of hydrogen-bond acceptors (Lipinski definition) is 3. The maximum absolute atomic E-state index is 12.8. The van der Waals surface area contributed by atoms with Gasteiger partial charge in [-0.2, -0.15) is 0 Å². The van der Waals surface area contributed by atoms with Gasteiger partial charge >= 0.3 is 0 Å². The first-order chi connectivity index (χ1) is 10.1. The van der Waals surface area contributed by atoms with Crippen LogP contribution in [0.15, 0.2) is 24.3 Å². The zero-order chi connectivity index (χ0) is 14.8. The molecule has 2 aliphatic rings. The van der Waals surface area contributed by atoms with Gasteiger partial charge in [0.05, 0.1) is 0 Å². The Kier molecular flexibility index (Phi) is 5.70. The van der Waals surface area contributed by atoms with E-state index in [0.717, 1.165) is 25.2 Å². The lowest BCUT2D eigenvalue weighted by Crippen LogP contribution is -2.50. The quantitative estimate of drug-likeness (QED) is 0.845. The molecule has 5 heteroatoms. The fourth-order valence-electron chi connectivity index (χ4n) is 2.87. The molecular formula is C17H25ClN2O2. The molecule has 1 saturated heterocycles. The molecular weight excluding hydrogens is 300 g/mol. The van der Waals surface area contributed by atoms with Gasteiger partial charge in [-0.3, -0.25) is 4.79 Å². The highest BCUT2D eigenvalue weighted by atomic mass is 35.5. The van der Waals surface area contributed by atoms with Crippen molar-refractivity contribution in [1.29, 1.82) is 0 Å². The first-order valence-corrected chi connectivity index (χ1v) is 7.91. The summed E-state index contributed by atoms with van der Waals surface area (Å²) in [4.78, 5) is 14.8. The fraction of sp³-hybridized carbons (Fsp3) is 0.588. The fourth-order valence-corrected chi connectivity index (χ4v) is 2.87. The van der Waals surface area contributed by atoms with Crippen molar-refractivity contribution in [3.05, 3.63) is 29.8 Å². The Bertz CT molecular complexity index is 515. The first kappa shape index (κ1) is 17.1. The third-order valence-electron chi connectivity index (χ3n) is 4.68. The van der Waals surface area contributed by atoms with Crippen molar-refractivity contribution in [3.8, 4) is 5.75 Å². The van der Waals surface area contributed by atoms with Crippen molar-refractivity contribution in [2.75, 3.05) is 19.6 Å². The Morgan fingerprint density at radius 2 is 2.14 bits per heavy atom. The molecule has 3 rings (SSSR count). The topological polar surface area (TPSA) is 52.6 Å². The molecule has 0 aromatic heterocycles. The van der Waals surface area contributed by atoms with Crippen molar-refractivity contribution < 1.29 is 9.90 Å². The maximum atomic E-state index is 12.8. The Labute approximate surface area is 138 Å². The van der Waals surface area contributed by atoms with Crippen LogP contribution in [0.5, 0.6) is 5.75 Å². The number of halogens is 1. The van der Waals surface area contributed by atoms with E-state index in [4.69, 9.17) is 0 Å². The Morgan fingerprint density at radius 1 is 1.41 bits per heavy atom. The maximum Gasteiger partial charge on any atom is 0.226 e. The molecule has 2 fully saturated rings. The molecule has 1 aromatic rings. The van der Waals surface area contributed by atoms with Gasteiger partial charge in [-0.1, -0.05) is 19.1 Å². The molecule has 1 aliphatic carbocycles. The number of rotatable bonds is 6. The van der Waals surface area contributed by atoms with Crippen LogP contribution in [0.25, 0.3) is 0 Å². The van der Waals surface area contributed by atoms with Gasteiger partial charge in [0, 0.05) is 19.0 Å². The highest BCUT2D eigenvalue weighted by molar-refractivity contribution is 5.85. The summed E-state index contributed by atoms with van der Waals surface area (Å²) < 4.78 is 0. The largest absolute Gasteiger partial charge is 0.508 e. The third kappa shape index (κ3) is 4.14. The Morgan fingerprint density at radius 3 is 2.68 bits per heavy atom. The number of carbonyl (C=O) groups is 1. The molecule has 1 amide bonds. The number of amides is 1. The van der Waals surface area contributed by atoms with Crippen molar-refractivity contribution in [2.24, 2.45) is 17.8 Å². The van der Waals surface area contributed by atoms with E-state index in [2.05, 4.69) is 12.2 Å². The van der Waals surface area contributed by atoms with Gasteiger partial charge in [-0.25, -0.2) is 0 Å². The van der Waals surface area contributed by atoms with Gasteiger partial charge in [0.2, 0.25) is 5.91 Å².